The molecule has 0 bridgehead atoms. The highest BCUT2D eigenvalue weighted by atomic mass is 16.5. The molecule has 134 valence electrons. The van der Waals surface area contributed by atoms with Gasteiger partial charge in [0, 0.05) is 18.8 Å². The lowest BCUT2D eigenvalue weighted by molar-refractivity contribution is -0.146. The molecule has 0 unspecified atom stereocenters. The number of hydrogen-bond donors (Lipinski definition) is 1. The third-order valence-corrected chi connectivity index (χ3v) is 4.50. The Balaban J connectivity index is 2.17. The summed E-state index contributed by atoms with van der Waals surface area (Å²) in [6.07, 6.45) is 0.500. The molecule has 1 N–H and O–H groups in total. The van der Waals surface area contributed by atoms with Crippen LogP contribution in [0, 0.1) is 19.8 Å². The maximum absolute atomic E-state index is 12.7. The second kappa shape index (κ2) is 7.96. The first-order chi connectivity index (χ1) is 11.8. The Bertz CT molecular complexity index is 753. The molecule has 0 aliphatic carbocycles. The van der Waals surface area contributed by atoms with Crippen LogP contribution in [0.3, 0.4) is 0 Å². The number of ether oxygens (including phenoxy) is 1. The Labute approximate surface area is 148 Å². The van der Waals surface area contributed by atoms with Gasteiger partial charge in [-0.3, -0.25) is 14.3 Å². The van der Waals surface area contributed by atoms with Crippen LogP contribution in [0.5, 0.6) is 0 Å². The van der Waals surface area contributed by atoms with Crippen molar-refractivity contribution in [2.75, 3.05) is 7.11 Å². The number of nitrogens with zero attached hydrogens (tertiary/aromatic N) is 2. The highest BCUT2D eigenvalue weighted by Crippen LogP contribution is 2.17. The number of amides is 1. The van der Waals surface area contributed by atoms with Crippen molar-refractivity contribution < 1.29 is 14.3 Å². The van der Waals surface area contributed by atoms with Gasteiger partial charge in [0.25, 0.3) is 5.91 Å². The number of hydrogen-bond acceptors (Lipinski definition) is 4. The van der Waals surface area contributed by atoms with Crippen molar-refractivity contribution in [2.24, 2.45) is 13.0 Å². The Kier molecular flexibility index (Phi) is 5.96. The minimum atomic E-state index is -0.464. The van der Waals surface area contributed by atoms with Crippen LogP contribution in [-0.4, -0.2) is 34.8 Å². The number of esters is 1. The first-order valence-electron chi connectivity index (χ1n) is 8.28. The summed E-state index contributed by atoms with van der Waals surface area (Å²) in [6.45, 7) is 5.47. The van der Waals surface area contributed by atoms with E-state index in [4.69, 9.17) is 4.74 Å². The Morgan fingerprint density at radius 1 is 1.24 bits per heavy atom. The minimum Gasteiger partial charge on any atom is -0.469 e. The van der Waals surface area contributed by atoms with Gasteiger partial charge in [0.2, 0.25) is 0 Å². The molecule has 25 heavy (non-hydrogen) atoms. The van der Waals surface area contributed by atoms with Crippen LogP contribution in [0.4, 0.5) is 0 Å². The lowest BCUT2D eigenvalue weighted by atomic mass is 9.92. The zero-order chi connectivity index (χ0) is 18.6. The van der Waals surface area contributed by atoms with Crippen molar-refractivity contribution in [3.63, 3.8) is 0 Å². The summed E-state index contributed by atoms with van der Waals surface area (Å²) in [7, 11) is 3.17. The summed E-state index contributed by atoms with van der Waals surface area (Å²) < 4.78 is 6.62. The predicted molar refractivity (Wildman–Crippen MR) is 95.3 cm³/mol. The lowest BCUT2D eigenvalue weighted by Crippen LogP contribution is -2.43. The number of rotatable bonds is 6. The summed E-state index contributed by atoms with van der Waals surface area (Å²) >= 11 is 0. The van der Waals surface area contributed by atoms with Crippen LogP contribution in [0.2, 0.25) is 0 Å². The van der Waals surface area contributed by atoms with E-state index >= 15 is 0 Å². The number of aryl methyl sites for hydroxylation is 2. The van der Waals surface area contributed by atoms with Crippen LogP contribution in [-0.2, 0) is 23.0 Å². The summed E-state index contributed by atoms with van der Waals surface area (Å²) in [4.78, 5) is 24.9. The largest absolute Gasteiger partial charge is 0.469 e. The maximum Gasteiger partial charge on any atom is 0.311 e. The zero-order valence-electron chi connectivity index (χ0n) is 15.4. The van der Waals surface area contributed by atoms with E-state index in [-0.39, 0.29) is 17.9 Å². The van der Waals surface area contributed by atoms with E-state index in [9.17, 15) is 9.59 Å². The Morgan fingerprint density at radius 2 is 1.88 bits per heavy atom. The normalized spacial score (nSPS) is 13.2. The number of carbonyl (C=O) groups excluding carboxylic acids is 2. The van der Waals surface area contributed by atoms with E-state index < -0.39 is 5.92 Å². The molecule has 0 fully saturated rings. The molecule has 2 rings (SSSR count). The van der Waals surface area contributed by atoms with Gasteiger partial charge in [-0.1, -0.05) is 30.3 Å². The van der Waals surface area contributed by atoms with Crippen molar-refractivity contribution in [1.29, 1.82) is 0 Å². The average molecular weight is 343 g/mol. The fraction of sp³-hybridized carbons (Fsp3) is 0.421. The summed E-state index contributed by atoms with van der Waals surface area (Å²) in [5.41, 5.74) is 3.03. The molecule has 2 aromatic rings. The van der Waals surface area contributed by atoms with Gasteiger partial charge < -0.3 is 10.1 Å². The van der Waals surface area contributed by atoms with Crippen LogP contribution in [0.25, 0.3) is 0 Å². The van der Waals surface area contributed by atoms with Crippen LogP contribution in [0.1, 0.15) is 34.2 Å². The molecule has 1 aromatic heterocycles. The van der Waals surface area contributed by atoms with Crippen LogP contribution < -0.4 is 5.32 Å². The summed E-state index contributed by atoms with van der Waals surface area (Å²) in [6, 6.07) is 9.32. The monoisotopic (exact) mass is 343 g/mol. The first-order valence-corrected chi connectivity index (χ1v) is 8.28. The molecule has 2 atom stereocenters. The summed E-state index contributed by atoms with van der Waals surface area (Å²) in [5, 5.41) is 7.20. The molecule has 6 heteroatoms. The Morgan fingerprint density at radius 3 is 2.40 bits per heavy atom. The van der Waals surface area contributed by atoms with Crippen molar-refractivity contribution in [3.05, 3.63) is 52.8 Å². The quantitative estimate of drug-likeness (QED) is 0.816. The lowest BCUT2D eigenvalue weighted by Gasteiger charge is -2.23. The van der Waals surface area contributed by atoms with Gasteiger partial charge in [-0.15, -0.1) is 0 Å². The van der Waals surface area contributed by atoms with Crippen molar-refractivity contribution in [3.8, 4) is 0 Å². The van der Waals surface area contributed by atoms with Gasteiger partial charge in [0.05, 0.1) is 24.3 Å². The van der Waals surface area contributed by atoms with E-state index in [1.807, 2.05) is 44.2 Å². The molecule has 6 nitrogen and oxygen atoms in total. The first kappa shape index (κ1) is 18.7. The standard InChI is InChI=1S/C19H25N3O3/c1-12(20-18(23)17-13(2)21-22(4)14(17)3)16(19(24)25-5)11-15-9-7-6-8-10-15/h6-10,12,16H,11H2,1-5H3,(H,20,23)/t12-,16+/m0/s1. The molecular weight excluding hydrogens is 318 g/mol. The van der Waals surface area contributed by atoms with Gasteiger partial charge >= 0.3 is 5.97 Å². The maximum atomic E-state index is 12.7. The van der Waals surface area contributed by atoms with Crippen LogP contribution >= 0.6 is 0 Å². The fourth-order valence-corrected chi connectivity index (χ4v) is 2.97. The SMILES string of the molecule is COC(=O)[C@H](Cc1ccccc1)[C@H](C)NC(=O)c1c(C)nn(C)c1C. The number of carbonyl (C=O) groups is 2. The van der Waals surface area contributed by atoms with E-state index in [0.717, 1.165) is 11.3 Å². The molecule has 1 aromatic carbocycles. The zero-order valence-corrected chi connectivity index (χ0v) is 15.4. The van der Waals surface area contributed by atoms with Gasteiger partial charge in [-0.2, -0.15) is 5.10 Å². The fourth-order valence-electron chi connectivity index (χ4n) is 2.97. The highest BCUT2D eigenvalue weighted by molar-refractivity contribution is 5.96. The molecule has 0 spiro atoms. The average Bonchev–Trinajstić information content (AvgIpc) is 2.85. The van der Waals surface area contributed by atoms with E-state index in [1.54, 1.807) is 18.7 Å². The molecule has 1 heterocycles. The van der Waals surface area contributed by atoms with Crippen molar-refractivity contribution >= 4 is 11.9 Å². The second-order valence-electron chi connectivity index (χ2n) is 6.25. The van der Waals surface area contributed by atoms with Crippen molar-refractivity contribution in [2.45, 2.75) is 33.2 Å². The van der Waals surface area contributed by atoms with E-state index in [1.165, 1.54) is 7.11 Å². The molecule has 0 aliphatic rings. The third-order valence-electron chi connectivity index (χ3n) is 4.50. The highest BCUT2D eigenvalue weighted by Gasteiger charge is 2.29. The van der Waals surface area contributed by atoms with Crippen LogP contribution in [0.15, 0.2) is 30.3 Å². The van der Waals surface area contributed by atoms with Crippen molar-refractivity contribution in [1.82, 2.24) is 15.1 Å². The molecule has 1 amide bonds. The smallest absolute Gasteiger partial charge is 0.311 e. The molecule has 0 saturated heterocycles. The summed E-state index contributed by atoms with van der Waals surface area (Å²) in [5.74, 6) is -1.03. The minimum absolute atomic E-state index is 0.224. The number of methoxy groups -OCH3 is 1. The van der Waals surface area contributed by atoms with E-state index in [0.29, 0.717) is 17.7 Å². The molecule has 0 radical (unpaired) electrons. The van der Waals surface area contributed by atoms with Gasteiger partial charge in [0.15, 0.2) is 0 Å². The van der Waals surface area contributed by atoms with Gasteiger partial charge in [0.1, 0.15) is 0 Å². The number of benzene rings is 1. The van der Waals surface area contributed by atoms with Gasteiger partial charge in [-0.05, 0) is 32.8 Å². The number of aromatic nitrogens is 2. The number of nitrogens with one attached hydrogen (secondary N) is 1. The molecular formula is C19H25N3O3. The molecule has 0 aliphatic heterocycles. The van der Waals surface area contributed by atoms with Gasteiger partial charge in [-0.25, -0.2) is 0 Å². The Hall–Kier alpha value is -2.63. The third kappa shape index (κ3) is 4.26. The topological polar surface area (TPSA) is 73.2 Å². The second-order valence-corrected chi connectivity index (χ2v) is 6.25. The predicted octanol–water partition coefficient (Wildman–Crippen LogP) is 2.19. The van der Waals surface area contributed by atoms with E-state index in [2.05, 4.69) is 10.4 Å². The molecule has 0 saturated carbocycles.